The van der Waals surface area contributed by atoms with Gasteiger partial charge in [0, 0.05) is 18.6 Å². The number of fused-ring (bicyclic) bond motifs is 2. The molecule has 2 aliphatic heterocycles. The molecule has 1 aromatic rings. The van der Waals surface area contributed by atoms with Gasteiger partial charge in [-0.25, -0.2) is 0 Å². The van der Waals surface area contributed by atoms with E-state index in [2.05, 4.69) is 0 Å². The Morgan fingerprint density at radius 2 is 1.81 bits per heavy atom. The molecule has 1 N–H and O–H groups in total. The predicted molar refractivity (Wildman–Crippen MR) is 89.6 cm³/mol. The third-order valence-electron chi connectivity index (χ3n) is 5.70. The highest BCUT2D eigenvalue weighted by atomic mass is 16.7. The normalized spacial score (nSPS) is 33.2. The highest BCUT2D eigenvalue weighted by molar-refractivity contribution is 5.89. The maximum Gasteiger partial charge on any atom is 0.269 e. The summed E-state index contributed by atoms with van der Waals surface area (Å²) in [6.07, 6.45) is -0.928. The standard InChI is InChI=1S/C18H15N5O4/c1-3-18-11(2)17(10-21,15(22)27-18)16(8-19,9-20)14(26-18)12-4-6-13(7-5-12)23(24)25/h4-7,11,14,22H,3H2,1-2H3/t11-,14-,17+,18+/m1/s1. The summed E-state index contributed by atoms with van der Waals surface area (Å²) in [6.45, 7) is 3.39. The number of ether oxygens (including phenoxy) is 2. The number of hydrogen-bond acceptors (Lipinski definition) is 8. The Morgan fingerprint density at radius 1 is 1.22 bits per heavy atom. The van der Waals surface area contributed by atoms with Crippen LogP contribution in [0.15, 0.2) is 24.3 Å². The van der Waals surface area contributed by atoms with Crippen molar-refractivity contribution in [3.63, 3.8) is 0 Å². The van der Waals surface area contributed by atoms with Gasteiger partial charge in [-0.15, -0.1) is 0 Å². The molecular weight excluding hydrogens is 350 g/mol. The first kappa shape index (κ1) is 18.3. The number of non-ortho nitro benzene ring substituents is 1. The van der Waals surface area contributed by atoms with E-state index >= 15 is 0 Å². The third kappa shape index (κ3) is 1.96. The van der Waals surface area contributed by atoms with Crippen molar-refractivity contribution in [2.24, 2.45) is 16.7 Å². The molecule has 2 saturated heterocycles. The second-order valence-electron chi connectivity index (χ2n) is 6.62. The van der Waals surface area contributed by atoms with Crippen molar-refractivity contribution in [2.45, 2.75) is 32.2 Å². The van der Waals surface area contributed by atoms with Crippen molar-refractivity contribution in [3.05, 3.63) is 39.9 Å². The van der Waals surface area contributed by atoms with Crippen LogP contribution >= 0.6 is 0 Å². The van der Waals surface area contributed by atoms with Gasteiger partial charge in [0.1, 0.15) is 6.10 Å². The van der Waals surface area contributed by atoms with Gasteiger partial charge in [0.05, 0.1) is 29.0 Å². The van der Waals surface area contributed by atoms with E-state index in [0.717, 1.165) is 0 Å². The fourth-order valence-corrected chi connectivity index (χ4v) is 4.11. The number of nitro benzene ring substituents is 1. The fraction of sp³-hybridized carbons (Fsp3) is 0.444. The zero-order valence-electron chi connectivity index (χ0n) is 14.6. The van der Waals surface area contributed by atoms with E-state index < -0.39 is 39.5 Å². The van der Waals surface area contributed by atoms with Gasteiger partial charge < -0.3 is 9.47 Å². The topological polar surface area (TPSA) is 157 Å². The number of nitro groups is 1. The van der Waals surface area contributed by atoms with Crippen molar-refractivity contribution in [3.8, 4) is 18.2 Å². The zero-order chi connectivity index (χ0) is 20.0. The smallest absolute Gasteiger partial charge is 0.269 e. The van der Waals surface area contributed by atoms with Gasteiger partial charge in [0.2, 0.25) is 17.1 Å². The number of benzene rings is 1. The third-order valence-corrected chi connectivity index (χ3v) is 5.70. The molecule has 3 rings (SSSR count). The SMILES string of the molecule is CC[C@]12OC(=N)[C@](C#N)([C@H]1C)C(C#N)(C#N)[C@@H](c1ccc([N+](=O)[O-])cc1)O2. The quantitative estimate of drug-likeness (QED) is 0.637. The van der Waals surface area contributed by atoms with Crippen LogP contribution in [0.5, 0.6) is 0 Å². The van der Waals surface area contributed by atoms with Crippen LogP contribution in [-0.4, -0.2) is 16.6 Å². The van der Waals surface area contributed by atoms with Crippen molar-refractivity contribution in [2.75, 3.05) is 0 Å². The van der Waals surface area contributed by atoms with Crippen molar-refractivity contribution >= 4 is 11.6 Å². The number of hydrogen-bond donors (Lipinski definition) is 1. The molecule has 136 valence electrons. The van der Waals surface area contributed by atoms with E-state index in [1.165, 1.54) is 24.3 Å². The molecule has 2 fully saturated rings. The lowest BCUT2D eigenvalue weighted by molar-refractivity contribution is -0.384. The Labute approximate surface area is 155 Å². The first-order chi connectivity index (χ1) is 12.8. The maximum absolute atomic E-state index is 10.9. The fourth-order valence-electron chi connectivity index (χ4n) is 4.11. The average Bonchev–Trinajstić information content (AvgIpc) is 2.84. The van der Waals surface area contributed by atoms with E-state index in [1.807, 2.05) is 18.2 Å². The summed E-state index contributed by atoms with van der Waals surface area (Å²) in [6, 6.07) is 11.1. The average molecular weight is 365 g/mol. The summed E-state index contributed by atoms with van der Waals surface area (Å²) in [4.78, 5) is 10.3. The molecule has 0 saturated carbocycles. The second kappa shape index (κ2) is 5.77. The van der Waals surface area contributed by atoms with Crippen molar-refractivity contribution in [1.29, 1.82) is 21.2 Å². The monoisotopic (exact) mass is 365 g/mol. The zero-order valence-corrected chi connectivity index (χ0v) is 14.6. The highest BCUT2D eigenvalue weighted by Gasteiger charge is 2.78. The van der Waals surface area contributed by atoms with Gasteiger partial charge in [0.25, 0.3) is 5.69 Å². The van der Waals surface area contributed by atoms with Crippen LogP contribution in [0, 0.1) is 66.3 Å². The molecule has 4 atom stereocenters. The Kier molecular flexibility index (Phi) is 3.91. The molecule has 2 aliphatic rings. The summed E-state index contributed by atoms with van der Waals surface area (Å²) in [7, 11) is 0. The molecule has 0 aliphatic carbocycles. The van der Waals surface area contributed by atoms with E-state index in [0.29, 0.717) is 5.56 Å². The lowest BCUT2D eigenvalue weighted by Gasteiger charge is -2.48. The Hall–Kier alpha value is -3.48. The molecule has 1 aromatic carbocycles. The molecule has 2 bridgehead atoms. The van der Waals surface area contributed by atoms with Crippen LogP contribution in [0.25, 0.3) is 0 Å². The van der Waals surface area contributed by atoms with E-state index in [-0.39, 0.29) is 12.1 Å². The van der Waals surface area contributed by atoms with Crippen LogP contribution in [0.2, 0.25) is 0 Å². The van der Waals surface area contributed by atoms with E-state index in [1.54, 1.807) is 13.8 Å². The number of nitrogens with one attached hydrogen (secondary N) is 1. The molecule has 0 aromatic heterocycles. The van der Waals surface area contributed by atoms with Gasteiger partial charge in [-0.3, -0.25) is 15.5 Å². The van der Waals surface area contributed by atoms with Gasteiger partial charge in [-0.2, -0.15) is 15.8 Å². The van der Waals surface area contributed by atoms with Crippen LogP contribution < -0.4 is 0 Å². The van der Waals surface area contributed by atoms with Crippen LogP contribution in [0.1, 0.15) is 31.9 Å². The Morgan fingerprint density at radius 3 is 2.26 bits per heavy atom. The lowest BCUT2D eigenvalue weighted by atomic mass is 9.53. The van der Waals surface area contributed by atoms with Crippen molar-refractivity contribution in [1.82, 2.24) is 0 Å². The molecular formula is C18H15N5O4. The van der Waals surface area contributed by atoms with Crippen LogP contribution in [-0.2, 0) is 9.47 Å². The minimum absolute atomic E-state index is 0.158. The summed E-state index contributed by atoms with van der Waals surface area (Å²) >= 11 is 0. The van der Waals surface area contributed by atoms with Crippen molar-refractivity contribution < 1.29 is 14.4 Å². The van der Waals surface area contributed by atoms with Crippen LogP contribution in [0.3, 0.4) is 0 Å². The molecule has 9 heteroatoms. The lowest BCUT2D eigenvalue weighted by Crippen LogP contribution is -2.58. The molecule has 0 unspecified atom stereocenters. The number of rotatable bonds is 3. The molecule has 27 heavy (non-hydrogen) atoms. The summed E-state index contributed by atoms with van der Waals surface area (Å²) in [5, 5.41) is 49.1. The van der Waals surface area contributed by atoms with Gasteiger partial charge in [0.15, 0.2) is 5.41 Å². The summed E-state index contributed by atoms with van der Waals surface area (Å²) in [5.41, 5.74) is -3.71. The van der Waals surface area contributed by atoms with Crippen LogP contribution in [0.4, 0.5) is 5.69 Å². The number of nitriles is 3. The highest BCUT2D eigenvalue weighted by Crippen LogP contribution is 2.66. The van der Waals surface area contributed by atoms with E-state index in [4.69, 9.17) is 14.9 Å². The Bertz CT molecular complexity index is 940. The first-order valence-corrected chi connectivity index (χ1v) is 8.22. The first-order valence-electron chi connectivity index (χ1n) is 8.22. The minimum atomic E-state index is -2.05. The molecule has 0 amide bonds. The summed E-state index contributed by atoms with van der Waals surface area (Å²) in [5.74, 6) is -2.54. The largest absolute Gasteiger partial charge is 0.447 e. The number of nitrogens with zero attached hydrogens (tertiary/aromatic N) is 4. The van der Waals surface area contributed by atoms with Gasteiger partial charge >= 0.3 is 0 Å². The molecule has 0 radical (unpaired) electrons. The minimum Gasteiger partial charge on any atom is -0.447 e. The van der Waals surface area contributed by atoms with Gasteiger partial charge in [-0.05, 0) is 17.7 Å². The predicted octanol–water partition coefficient (Wildman–Crippen LogP) is 2.96. The maximum atomic E-state index is 10.9. The second-order valence-corrected chi connectivity index (χ2v) is 6.62. The summed E-state index contributed by atoms with van der Waals surface area (Å²) < 4.78 is 11.7. The van der Waals surface area contributed by atoms with Gasteiger partial charge in [-0.1, -0.05) is 13.8 Å². The van der Waals surface area contributed by atoms with E-state index in [9.17, 15) is 25.9 Å². The molecule has 0 spiro atoms. The molecule has 2 heterocycles. The Balaban J connectivity index is 2.27. The molecule has 9 nitrogen and oxygen atoms in total.